The van der Waals surface area contributed by atoms with E-state index in [2.05, 4.69) is 25.1 Å². The van der Waals surface area contributed by atoms with Gasteiger partial charge in [0.1, 0.15) is 23.1 Å². The van der Waals surface area contributed by atoms with Crippen molar-refractivity contribution in [1.82, 2.24) is 20.4 Å². The molecule has 2 aromatic heterocycles. The molecule has 0 radical (unpaired) electrons. The number of carbonyl (C=O) groups excluding carboxylic acids is 1. The van der Waals surface area contributed by atoms with Crippen LogP contribution in [0.25, 0.3) is 11.5 Å². The van der Waals surface area contributed by atoms with Crippen molar-refractivity contribution < 1.29 is 14.4 Å². The predicted molar refractivity (Wildman–Crippen MR) is 119 cm³/mol. The van der Waals surface area contributed by atoms with E-state index in [9.17, 15) is 9.18 Å². The van der Waals surface area contributed by atoms with Gasteiger partial charge in [0.2, 0.25) is 5.91 Å². The van der Waals surface area contributed by atoms with Crippen LogP contribution in [0.3, 0.4) is 0 Å². The summed E-state index contributed by atoms with van der Waals surface area (Å²) in [7, 11) is 0. The Morgan fingerprint density at radius 2 is 1.78 bits per heavy atom. The van der Waals surface area contributed by atoms with Gasteiger partial charge in [0, 0.05) is 57.1 Å². The van der Waals surface area contributed by atoms with Crippen LogP contribution in [-0.4, -0.2) is 58.8 Å². The highest BCUT2D eigenvalue weighted by atomic mass is 19.1. The van der Waals surface area contributed by atoms with Gasteiger partial charge in [0.25, 0.3) is 0 Å². The first-order valence-electron chi connectivity index (χ1n) is 10.3. The molecule has 0 saturated carbocycles. The number of nitrogens with one attached hydrogen (secondary N) is 2. The average molecular weight is 437 g/mol. The Labute approximate surface area is 184 Å². The molecule has 166 valence electrons. The van der Waals surface area contributed by atoms with Crippen molar-refractivity contribution in [3.63, 3.8) is 0 Å². The third-order valence-electron chi connectivity index (χ3n) is 5.18. The minimum atomic E-state index is -0.478. The molecule has 4 rings (SSSR count). The van der Waals surface area contributed by atoms with Crippen LogP contribution in [0.5, 0.6) is 0 Å². The van der Waals surface area contributed by atoms with Crippen molar-refractivity contribution in [2.45, 2.75) is 6.42 Å². The molecule has 0 aliphatic carbocycles. The minimum Gasteiger partial charge on any atom is -0.369 e. The number of nitrogens with zero attached hydrogens (tertiary/aromatic N) is 5. The summed E-state index contributed by atoms with van der Waals surface area (Å²) in [5.74, 6) is 1.09. The summed E-state index contributed by atoms with van der Waals surface area (Å²) in [5.41, 5.74) is 3.26. The number of hydrogen-bond acceptors (Lipinski definition) is 8. The second kappa shape index (κ2) is 10.0. The molecule has 3 N–H and O–H groups in total. The Kier molecular flexibility index (Phi) is 6.71. The topological polar surface area (TPSA) is 107 Å². The lowest BCUT2D eigenvalue weighted by Gasteiger charge is -2.36. The van der Waals surface area contributed by atoms with Crippen LogP contribution in [0.2, 0.25) is 0 Å². The number of halogens is 1. The molecule has 0 unspecified atom stereocenters. The standard InChI is InChI=1S/C22H24FN7O2/c23-16-4-6-17(7-5-16)29-11-13-30(14-12-29)20-15-19(25-10-8-21(31)28-32)26-22(27-20)18-3-1-2-9-24-18/h1-7,9,15,32H,8,10-14H2,(H,28,31)(H,25,26,27). The number of hydroxylamine groups is 1. The predicted octanol–water partition coefficient (Wildman–Crippen LogP) is 2.31. The van der Waals surface area contributed by atoms with Crippen molar-refractivity contribution in [3.05, 3.63) is 60.5 Å². The smallest absolute Gasteiger partial charge is 0.245 e. The lowest BCUT2D eigenvalue weighted by atomic mass is 10.2. The fraction of sp³-hybridized carbons (Fsp3) is 0.273. The van der Waals surface area contributed by atoms with E-state index in [4.69, 9.17) is 10.2 Å². The second-order valence-electron chi connectivity index (χ2n) is 7.31. The summed E-state index contributed by atoms with van der Waals surface area (Å²) in [6.07, 6.45) is 1.79. The first kappa shape index (κ1) is 21.4. The first-order chi connectivity index (χ1) is 15.6. The monoisotopic (exact) mass is 437 g/mol. The van der Waals surface area contributed by atoms with Crippen LogP contribution in [0, 0.1) is 5.82 Å². The number of benzene rings is 1. The molecule has 3 heterocycles. The molecule has 1 aliphatic rings. The summed E-state index contributed by atoms with van der Waals surface area (Å²) >= 11 is 0. The normalized spacial score (nSPS) is 13.7. The van der Waals surface area contributed by atoms with Gasteiger partial charge in [-0.3, -0.25) is 15.0 Å². The molecule has 0 spiro atoms. The molecule has 1 aromatic carbocycles. The van der Waals surface area contributed by atoms with Crippen LogP contribution < -0.4 is 20.6 Å². The molecular formula is C22H24FN7O2. The molecule has 1 saturated heterocycles. The molecule has 1 aliphatic heterocycles. The van der Waals surface area contributed by atoms with Gasteiger partial charge in [-0.15, -0.1) is 0 Å². The molecule has 1 fully saturated rings. The van der Waals surface area contributed by atoms with Gasteiger partial charge < -0.3 is 15.1 Å². The van der Waals surface area contributed by atoms with E-state index in [1.165, 1.54) is 12.1 Å². The fourth-order valence-electron chi connectivity index (χ4n) is 3.50. The van der Waals surface area contributed by atoms with Crippen LogP contribution in [0.15, 0.2) is 54.7 Å². The van der Waals surface area contributed by atoms with Crippen molar-refractivity contribution in [2.75, 3.05) is 47.8 Å². The van der Waals surface area contributed by atoms with Gasteiger partial charge >= 0.3 is 0 Å². The molecule has 0 atom stereocenters. The summed E-state index contributed by atoms with van der Waals surface area (Å²) in [6, 6.07) is 13.9. The minimum absolute atomic E-state index is 0.102. The van der Waals surface area contributed by atoms with Crippen LogP contribution >= 0.6 is 0 Å². The van der Waals surface area contributed by atoms with Crippen molar-refractivity contribution in [3.8, 4) is 11.5 Å². The highest BCUT2D eigenvalue weighted by Gasteiger charge is 2.20. The summed E-state index contributed by atoms with van der Waals surface area (Å²) < 4.78 is 13.2. The van der Waals surface area contributed by atoms with Gasteiger partial charge in [0.05, 0.1) is 0 Å². The summed E-state index contributed by atoms with van der Waals surface area (Å²) in [4.78, 5) is 29.3. The first-order valence-corrected chi connectivity index (χ1v) is 10.3. The number of amides is 1. The van der Waals surface area contributed by atoms with Crippen LogP contribution in [0.4, 0.5) is 21.7 Å². The number of rotatable bonds is 7. The number of anilines is 3. The third-order valence-corrected chi connectivity index (χ3v) is 5.18. The van der Waals surface area contributed by atoms with E-state index in [0.717, 1.165) is 37.7 Å². The van der Waals surface area contributed by atoms with Crippen LogP contribution in [0.1, 0.15) is 6.42 Å². The molecule has 9 nitrogen and oxygen atoms in total. The van der Waals surface area contributed by atoms with E-state index in [0.29, 0.717) is 23.9 Å². The SMILES string of the molecule is O=C(CCNc1cc(N2CCN(c3ccc(F)cc3)CC2)nc(-c2ccccn2)n1)NO. The Morgan fingerprint density at radius 1 is 1.03 bits per heavy atom. The highest BCUT2D eigenvalue weighted by Crippen LogP contribution is 2.24. The van der Waals surface area contributed by atoms with Gasteiger partial charge in [-0.05, 0) is 36.4 Å². The zero-order valence-corrected chi connectivity index (χ0v) is 17.4. The zero-order chi connectivity index (χ0) is 22.3. The van der Waals surface area contributed by atoms with Gasteiger partial charge in [-0.1, -0.05) is 6.07 Å². The second-order valence-corrected chi connectivity index (χ2v) is 7.31. The Balaban J connectivity index is 1.51. The molecular weight excluding hydrogens is 413 g/mol. The van der Waals surface area contributed by atoms with E-state index in [1.54, 1.807) is 23.8 Å². The molecule has 1 amide bonds. The molecule has 0 bridgehead atoms. The molecule has 10 heteroatoms. The number of carbonyl (C=O) groups is 1. The number of aromatic nitrogens is 3. The van der Waals surface area contributed by atoms with E-state index >= 15 is 0 Å². The number of hydrogen-bond donors (Lipinski definition) is 3. The maximum Gasteiger partial charge on any atom is 0.245 e. The van der Waals surface area contributed by atoms with E-state index in [1.807, 2.05) is 24.3 Å². The quantitative estimate of drug-likeness (QED) is 0.382. The van der Waals surface area contributed by atoms with Gasteiger partial charge in [-0.2, -0.15) is 0 Å². The van der Waals surface area contributed by atoms with E-state index < -0.39 is 5.91 Å². The fourth-order valence-corrected chi connectivity index (χ4v) is 3.50. The zero-order valence-electron chi connectivity index (χ0n) is 17.4. The highest BCUT2D eigenvalue weighted by molar-refractivity contribution is 5.75. The lowest BCUT2D eigenvalue weighted by Crippen LogP contribution is -2.46. The average Bonchev–Trinajstić information content (AvgIpc) is 2.85. The van der Waals surface area contributed by atoms with Crippen molar-refractivity contribution in [2.24, 2.45) is 0 Å². The van der Waals surface area contributed by atoms with E-state index in [-0.39, 0.29) is 12.2 Å². The Morgan fingerprint density at radius 3 is 2.47 bits per heavy atom. The Hall–Kier alpha value is -3.79. The largest absolute Gasteiger partial charge is 0.369 e. The van der Waals surface area contributed by atoms with Crippen LogP contribution in [-0.2, 0) is 4.79 Å². The maximum absolute atomic E-state index is 13.2. The van der Waals surface area contributed by atoms with Gasteiger partial charge in [-0.25, -0.2) is 19.8 Å². The maximum atomic E-state index is 13.2. The third kappa shape index (κ3) is 5.27. The van der Waals surface area contributed by atoms with Crippen molar-refractivity contribution >= 4 is 23.2 Å². The molecule has 3 aromatic rings. The summed E-state index contributed by atoms with van der Waals surface area (Å²) in [5, 5.41) is 11.8. The lowest BCUT2D eigenvalue weighted by molar-refractivity contribution is -0.128. The van der Waals surface area contributed by atoms with Gasteiger partial charge in [0.15, 0.2) is 5.82 Å². The molecule has 32 heavy (non-hydrogen) atoms. The number of piperazine rings is 1. The number of pyridine rings is 1. The summed E-state index contributed by atoms with van der Waals surface area (Å²) in [6.45, 7) is 3.33. The van der Waals surface area contributed by atoms with Crippen molar-refractivity contribution in [1.29, 1.82) is 0 Å². The Bertz CT molecular complexity index is 1040.